The molecule has 0 unspecified atom stereocenters. The maximum absolute atomic E-state index is 6.21. The number of fused-ring (bicyclic) bond motifs is 3. The Balaban J connectivity index is 1.79. The molecule has 98 valence electrons. The average Bonchev–Trinajstić information content (AvgIpc) is 2.86. The summed E-state index contributed by atoms with van der Waals surface area (Å²) in [4.78, 5) is 7.52. The second kappa shape index (κ2) is 3.94. The number of benzene rings is 1. The fourth-order valence-electron chi connectivity index (χ4n) is 3.72. The molecule has 0 amide bonds. The van der Waals surface area contributed by atoms with Crippen molar-refractivity contribution in [3.8, 4) is 0 Å². The van der Waals surface area contributed by atoms with Crippen LogP contribution in [-0.4, -0.2) is 16.6 Å². The molecule has 2 aliphatic rings. The van der Waals surface area contributed by atoms with Gasteiger partial charge in [0.1, 0.15) is 0 Å². The maximum Gasteiger partial charge on any atom is 0.0945 e. The Morgan fingerprint density at radius 3 is 2.95 bits per heavy atom. The van der Waals surface area contributed by atoms with E-state index in [9.17, 15) is 0 Å². The largest absolute Gasteiger partial charge is 0.373 e. The molecule has 1 heterocycles. The number of hydrogen-bond donors (Lipinski definition) is 1. The van der Waals surface area contributed by atoms with Crippen molar-refractivity contribution in [2.75, 3.05) is 6.61 Å². The van der Waals surface area contributed by atoms with Gasteiger partial charge in [0.05, 0.1) is 12.4 Å². The molecule has 3 atom stereocenters. The molecule has 1 N–H and O–H groups in total. The summed E-state index contributed by atoms with van der Waals surface area (Å²) < 4.78 is 6.21. The lowest BCUT2D eigenvalue weighted by atomic mass is 9.94. The molecule has 2 aromatic rings. The SMILES string of the molecule is CCCO[C@H]1c2ccccc2[C@H]2C[C@]21c1cnc[nH]1. The van der Waals surface area contributed by atoms with Gasteiger partial charge in [-0.05, 0) is 29.9 Å². The number of hydrogen-bond acceptors (Lipinski definition) is 2. The minimum atomic E-state index is 0.120. The summed E-state index contributed by atoms with van der Waals surface area (Å²) in [5, 5.41) is 0. The van der Waals surface area contributed by atoms with Crippen LogP contribution in [0.5, 0.6) is 0 Å². The van der Waals surface area contributed by atoms with Gasteiger partial charge in [0.15, 0.2) is 0 Å². The third-order valence-electron chi connectivity index (χ3n) is 4.61. The van der Waals surface area contributed by atoms with Gasteiger partial charge in [0, 0.05) is 23.9 Å². The van der Waals surface area contributed by atoms with Gasteiger partial charge >= 0.3 is 0 Å². The first-order valence-corrected chi connectivity index (χ1v) is 7.07. The van der Waals surface area contributed by atoms with E-state index in [0.717, 1.165) is 13.0 Å². The molecule has 0 saturated heterocycles. The smallest absolute Gasteiger partial charge is 0.0945 e. The lowest BCUT2D eigenvalue weighted by molar-refractivity contribution is 0.0284. The van der Waals surface area contributed by atoms with Crippen LogP contribution in [-0.2, 0) is 10.2 Å². The Bertz CT molecular complexity index is 593. The Kier molecular flexibility index (Phi) is 2.33. The fraction of sp³-hybridized carbons (Fsp3) is 0.438. The number of aromatic nitrogens is 2. The highest BCUT2D eigenvalue weighted by Crippen LogP contribution is 2.72. The van der Waals surface area contributed by atoms with E-state index in [1.165, 1.54) is 23.2 Å². The van der Waals surface area contributed by atoms with Gasteiger partial charge in [-0.3, -0.25) is 0 Å². The normalized spacial score (nSPS) is 31.0. The summed E-state index contributed by atoms with van der Waals surface area (Å²) in [5.74, 6) is 0.603. The number of rotatable bonds is 4. The van der Waals surface area contributed by atoms with Crippen LogP contribution in [0.3, 0.4) is 0 Å². The third-order valence-corrected chi connectivity index (χ3v) is 4.61. The standard InChI is InChI=1S/C16H18N2O/c1-2-7-19-15-12-6-4-3-5-11(12)13-8-16(13,15)14-9-17-10-18-14/h3-6,9-10,13,15H,2,7-8H2,1H3,(H,17,18)/t13-,15+,16-/m1/s1. The molecule has 19 heavy (non-hydrogen) atoms. The molecule has 0 spiro atoms. The highest BCUT2D eigenvalue weighted by atomic mass is 16.5. The first-order valence-electron chi connectivity index (χ1n) is 7.07. The van der Waals surface area contributed by atoms with Crippen molar-refractivity contribution in [1.82, 2.24) is 9.97 Å². The summed E-state index contributed by atoms with van der Waals surface area (Å²) in [6.45, 7) is 2.98. The minimum absolute atomic E-state index is 0.120. The fourth-order valence-corrected chi connectivity index (χ4v) is 3.72. The quantitative estimate of drug-likeness (QED) is 0.909. The molecule has 0 bridgehead atoms. The van der Waals surface area contributed by atoms with Crippen LogP contribution < -0.4 is 0 Å². The summed E-state index contributed by atoms with van der Waals surface area (Å²) in [5.41, 5.74) is 4.20. The second-order valence-corrected chi connectivity index (χ2v) is 5.64. The highest BCUT2D eigenvalue weighted by molar-refractivity contribution is 5.54. The summed E-state index contributed by atoms with van der Waals surface area (Å²) in [6, 6.07) is 8.73. The second-order valence-electron chi connectivity index (χ2n) is 5.64. The number of nitrogens with one attached hydrogen (secondary N) is 1. The Hall–Kier alpha value is -1.61. The molecule has 0 aliphatic heterocycles. The molecular formula is C16H18N2O. The number of nitrogens with zero attached hydrogens (tertiary/aromatic N) is 1. The van der Waals surface area contributed by atoms with E-state index in [-0.39, 0.29) is 11.5 Å². The Labute approximate surface area is 113 Å². The first kappa shape index (κ1) is 11.2. The predicted octanol–water partition coefficient (Wildman–Crippen LogP) is 3.32. The molecule has 1 fully saturated rings. The lowest BCUT2D eigenvalue weighted by Crippen LogP contribution is -2.20. The number of H-pyrrole nitrogens is 1. The summed E-state index contributed by atoms with van der Waals surface area (Å²) in [6.07, 6.45) is 6.17. The number of ether oxygens (including phenoxy) is 1. The summed E-state index contributed by atoms with van der Waals surface area (Å²) >= 11 is 0. The molecule has 1 saturated carbocycles. The number of imidazole rings is 1. The first-order chi connectivity index (χ1) is 9.38. The molecule has 0 radical (unpaired) electrons. The van der Waals surface area contributed by atoms with E-state index in [1.807, 2.05) is 6.20 Å². The molecule has 3 heteroatoms. The molecule has 1 aromatic heterocycles. The van der Waals surface area contributed by atoms with Crippen molar-refractivity contribution < 1.29 is 4.74 Å². The lowest BCUT2D eigenvalue weighted by Gasteiger charge is -2.23. The van der Waals surface area contributed by atoms with Gasteiger partial charge < -0.3 is 9.72 Å². The van der Waals surface area contributed by atoms with Gasteiger partial charge in [0.25, 0.3) is 0 Å². The van der Waals surface area contributed by atoms with Crippen LogP contribution in [0.1, 0.15) is 48.6 Å². The monoisotopic (exact) mass is 254 g/mol. The topological polar surface area (TPSA) is 37.9 Å². The van der Waals surface area contributed by atoms with Crippen LogP contribution in [0.4, 0.5) is 0 Å². The van der Waals surface area contributed by atoms with Crippen molar-refractivity contribution in [2.24, 2.45) is 0 Å². The zero-order chi connectivity index (χ0) is 12.9. The van der Waals surface area contributed by atoms with Gasteiger partial charge in [-0.1, -0.05) is 31.2 Å². The van der Waals surface area contributed by atoms with Crippen LogP contribution in [0.25, 0.3) is 0 Å². The summed E-state index contributed by atoms with van der Waals surface area (Å²) in [7, 11) is 0. The average molecular weight is 254 g/mol. The Morgan fingerprint density at radius 2 is 2.21 bits per heavy atom. The Morgan fingerprint density at radius 1 is 1.37 bits per heavy atom. The van der Waals surface area contributed by atoms with Gasteiger partial charge in [0.2, 0.25) is 0 Å². The zero-order valence-electron chi connectivity index (χ0n) is 11.1. The van der Waals surface area contributed by atoms with E-state index in [1.54, 1.807) is 6.33 Å². The van der Waals surface area contributed by atoms with E-state index in [0.29, 0.717) is 5.92 Å². The van der Waals surface area contributed by atoms with E-state index in [4.69, 9.17) is 4.74 Å². The van der Waals surface area contributed by atoms with E-state index >= 15 is 0 Å². The van der Waals surface area contributed by atoms with Gasteiger partial charge in [-0.25, -0.2) is 4.98 Å². The molecule has 3 nitrogen and oxygen atoms in total. The molecule has 2 aliphatic carbocycles. The maximum atomic E-state index is 6.21. The van der Waals surface area contributed by atoms with Crippen LogP contribution in [0.2, 0.25) is 0 Å². The number of aromatic amines is 1. The van der Waals surface area contributed by atoms with Crippen LogP contribution >= 0.6 is 0 Å². The van der Waals surface area contributed by atoms with E-state index in [2.05, 4.69) is 41.2 Å². The van der Waals surface area contributed by atoms with Crippen molar-refractivity contribution >= 4 is 0 Å². The molecule has 4 rings (SSSR count). The van der Waals surface area contributed by atoms with Crippen molar-refractivity contribution in [2.45, 2.75) is 37.2 Å². The molecular weight excluding hydrogens is 236 g/mol. The van der Waals surface area contributed by atoms with Crippen molar-refractivity contribution in [3.63, 3.8) is 0 Å². The van der Waals surface area contributed by atoms with Crippen molar-refractivity contribution in [1.29, 1.82) is 0 Å². The van der Waals surface area contributed by atoms with Crippen molar-refractivity contribution in [3.05, 3.63) is 53.6 Å². The van der Waals surface area contributed by atoms with Crippen LogP contribution in [0.15, 0.2) is 36.8 Å². The zero-order valence-corrected chi connectivity index (χ0v) is 11.1. The third kappa shape index (κ3) is 1.39. The predicted molar refractivity (Wildman–Crippen MR) is 73.0 cm³/mol. The van der Waals surface area contributed by atoms with Gasteiger partial charge in [-0.15, -0.1) is 0 Å². The minimum Gasteiger partial charge on any atom is -0.373 e. The van der Waals surface area contributed by atoms with Crippen LogP contribution in [0, 0.1) is 0 Å². The molecule has 1 aromatic carbocycles. The van der Waals surface area contributed by atoms with Gasteiger partial charge in [-0.2, -0.15) is 0 Å². The highest BCUT2D eigenvalue weighted by Gasteiger charge is 2.67. The van der Waals surface area contributed by atoms with E-state index < -0.39 is 0 Å².